The lowest BCUT2D eigenvalue weighted by molar-refractivity contribution is 0.355. The summed E-state index contributed by atoms with van der Waals surface area (Å²) in [5.41, 5.74) is 0. The van der Waals surface area contributed by atoms with E-state index in [0.29, 0.717) is 6.61 Å². The van der Waals surface area contributed by atoms with Crippen molar-refractivity contribution in [3.05, 3.63) is 0 Å². The summed E-state index contributed by atoms with van der Waals surface area (Å²) >= 11 is 10.2. The van der Waals surface area contributed by atoms with Crippen molar-refractivity contribution in [1.82, 2.24) is 0 Å². The predicted molar refractivity (Wildman–Crippen MR) is 44.5 cm³/mol. The molecule has 0 atom stereocenters. The molecule has 0 saturated heterocycles. The lowest BCUT2D eigenvalue weighted by Gasteiger charge is -2.00. The van der Waals surface area contributed by atoms with Crippen molar-refractivity contribution in [1.29, 1.82) is 0 Å². The van der Waals surface area contributed by atoms with Gasteiger partial charge in [0.2, 0.25) is 0 Å². The first-order chi connectivity index (χ1) is 4.06. The fourth-order valence-electron chi connectivity index (χ4n) is 0.315. The summed E-state index contributed by atoms with van der Waals surface area (Å²) in [6.07, 6.45) is -3.23. The molecule has 0 aliphatic carbocycles. The molecule has 0 unspecified atom stereocenters. The highest BCUT2D eigenvalue weighted by Gasteiger charge is 2.12. The molecular formula is C3H9Cl2O2PSi. The van der Waals surface area contributed by atoms with E-state index in [1.807, 2.05) is 0 Å². The molecule has 0 radical (unpaired) electrons. The molecule has 0 bridgehead atoms. The molecule has 0 amide bonds. The van der Waals surface area contributed by atoms with E-state index in [0.717, 1.165) is 6.04 Å². The van der Waals surface area contributed by atoms with Gasteiger partial charge in [0.05, 0.1) is 6.61 Å². The Labute approximate surface area is 66.7 Å². The molecular weight excluding hydrogens is 198 g/mol. The van der Waals surface area contributed by atoms with Crippen LogP contribution in [0.25, 0.3) is 0 Å². The molecule has 0 N–H and O–H groups in total. The van der Waals surface area contributed by atoms with Crippen LogP contribution in [-0.2, 0) is 9.09 Å². The van der Waals surface area contributed by atoms with Gasteiger partial charge in [-0.2, -0.15) is 0 Å². The quantitative estimate of drug-likeness (QED) is 0.401. The van der Waals surface area contributed by atoms with Crippen LogP contribution >= 0.6 is 28.6 Å². The normalized spacial score (nSPS) is 13.2. The minimum atomic E-state index is -3.23. The van der Waals surface area contributed by atoms with Gasteiger partial charge >= 0.3 is 6.07 Å². The molecule has 0 heterocycles. The summed E-state index contributed by atoms with van der Waals surface area (Å²) in [5, 5.41) is 0. The largest absolute Gasteiger partial charge is 0.380 e. The zero-order valence-corrected chi connectivity index (χ0v) is 8.96. The van der Waals surface area contributed by atoms with Crippen LogP contribution in [0.5, 0.6) is 0 Å². The van der Waals surface area contributed by atoms with E-state index >= 15 is 0 Å². The van der Waals surface area contributed by atoms with Gasteiger partial charge < -0.3 is 4.52 Å². The smallest absolute Gasteiger partial charge is 0.307 e. The first-order valence-corrected chi connectivity index (χ1v) is 8.55. The van der Waals surface area contributed by atoms with Gasteiger partial charge in [-0.3, -0.25) is 4.57 Å². The van der Waals surface area contributed by atoms with Gasteiger partial charge in [0.15, 0.2) is 0 Å². The summed E-state index contributed by atoms with van der Waals surface area (Å²) in [7, 11) is -0.0184. The molecule has 0 aliphatic heterocycles. The number of hydrogen-bond donors (Lipinski definition) is 0. The fraction of sp³-hybridized carbons (Fsp3) is 1.00. The first-order valence-electron chi connectivity index (χ1n) is 2.70. The Morgan fingerprint density at radius 2 is 2.22 bits per heavy atom. The SMILES string of the molecule is C[SiH2]CCOP(=O)(Cl)Cl. The molecule has 6 heteroatoms. The van der Waals surface area contributed by atoms with Crippen LogP contribution in [0.1, 0.15) is 0 Å². The van der Waals surface area contributed by atoms with Gasteiger partial charge in [-0.15, -0.1) is 0 Å². The molecule has 56 valence electrons. The Bertz CT molecular complexity index is 114. The second kappa shape index (κ2) is 4.75. The fourth-order valence-corrected chi connectivity index (χ4v) is 1.75. The zero-order chi connectivity index (χ0) is 7.33. The Hall–Kier alpha value is 0.987. The summed E-state index contributed by atoms with van der Waals surface area (Å²) in [6, 6.07) is 0.976. The lowest BCUT2D eigenvalue weighted by atomic mass is 10.9. The summed E-state index contributed by atoms with van der Waals surface area (Å²) in [5.74, 6) is 0. The molecule has 0 rings (SSSR count). The molecule has 0 aliphatic rings. The van der Waals surface area contributed by atoms with E-state index in [1.165, 1.54) is 0 Å². The highest BCUT2D eigenvalue weighted by molar-refractivity contribution is 8.05. The second-order valence-corrected chi connectivity index (χ2v) is 7.58. The Balaban J connectivity index is 3.18. The van der Waals surface area contributed by atoms with Gasteiger partial charge in [0, 0.05) is 9.52 Å². The van der Waals surface area contributed by atoms with E-state index in [1.54, 1.807) is 0 Å². The third-order valence-corrected chi connectivity index (χ3v) is 2.80. The van der Waals surface area contributed by atoms with Crippen LogP contribution in [0.15, 0.2) is 0 Å². The number of hydrogen-bond acceptors (Lipinski definition) is 2. The van der Waals surface area contributed by atoms with E-state index in [4.69, 9.17) is 22.5 Å². The molecule has 0 aromatic rings. The van der Waals surface area contributed by atoms with Crippen molar-refractivity contribution >= 4 is 38.1 Å². The van der Waals surface area contributed by atoms with Gasteiger partial charge in [-0.25, -0.2) is 0 Å². The molecule has 0 fully saturated rings. The summed E-state index contributed by atoms with van der Waals surface area (Å²) in [4.78, 5) is 0. The van der Waals surface area contributed by atoms with Gasteiger partial charge in [0.25, 0.3) is 0 Å². The highest BCUT2D eigenvalue weighted by Crippen LogP contribution is 2.57. The van der Waals surface area contributed by atoms with Crippen LogP contribution in [0, 0.1) is 0 Å². The molecule has 0 spiro atoms. The van der Waals surface area contributed by atoms with Crippen molar-refractivity contribution in [2.75, 3.05) is 6.61 Å². The van der Waals surface area contributed by atoms with Crippen molar-refractivity contribution in [3.8, 4) is 0 Å². The van der Waals surface area contributed by atoms with Crippen molar-refractivity contribution in [2.24, 2.45) is 0 Å². The molecule has 0 aromatic carbocycles. The van der Waals surface area contributed by atoms with Crippen molar-refractivity contribution < 1.29 is 9.09 Å². The third kappa shape index (κ3) is 8.99. The molecule has 2 nitrogen and oxygen atoms in total. The number of rotatable bonds is 4. The molecule has 0 saturated carbocycles. The minimum absolute atomic E-state index is 0.0184. The van der Waals surface area contributed by atoms with E-state index in [-0.39, 0.29) is 9.52 Å². The first kappa shape index (κ1) is 9.99. The van der Waals surface area contributed by atoms with Crippen LogP contribution < -0.4 is 0 Å². The molecule has 0 aromatic heterocycles. The Kier molecular flexibility index (Phi) is 5.27. The topological polar surface area (TPSA) is 26.3 Å². The number of halogens is 2. The second-order valence-electron chi connectivity index (χ2n) is 1.60. The third-order valence-electron chi connectivity index (χ3n) is 0.739. The maximum Gasteiger partial charge on any atom is 0.380 e. The standard InChI is InChI=1S/C3H9Cl2O2PSi/c1-9-3-2-7-8(4,5)6/h2-3,9H2,1H3. The average Bonchev–Trinajstić information content (AvgIpc) is 1.63. The van der Waals surface area contributed by atoms with Gasteiger partial charge in [0.1, 0.15) is 0 Å². The lowest BCUT2D eigenvalue weighted by Crippen LogP contribution is -1.89. The van der Waals surface area contributed by atoms with Gasteiger partial charge in [-0.1, -0.05) is 6.55 Å². The van der Waals surface area contributed by atoms with Gasteiger partial charge in [-0.05, 0) is 28.5 Å². The van der Waals surface area contributed by atoms with Crippen LogP contribution in [0.3, 0.4) is 0 Å². The zero-order valence-electron chi connectivity index (χ0n) is 5.14. The Morgan fingerprint density at radius 1 is 1.67 bits per heavy atom. The highest BCUT2D eigenvalue weighted by atomic mass is 35.9. The monoisotopic (exact) mass is 206 g/mol. The predicted octanol–water partition coefficient (Wildman–Crippen LogP) is 2.22. The maximum absolute atomic E-state index is 10.4. The Morgan fingerprint density at radius 3 is 2.56 bits per heavy atom. The maximum atomic E-state index is 10.4. The van der Waals surface area contributed by atoms with E-state index in [9.17, 15) is 4.57 Å². The van der Waals surface area contributed by atoms with Crippen molar-refractivity contribution in [3.63, 3.8) is 0 Å². The van der Waals surface area contributed by atoms with Crippen LogP contribution in [0.4, 0.5) is 0 Å². The van der Waals surface area contributed by atoms with Crippen LogP contribution in [-0.4, -0.2) is 16.1 Å². The van der Waals surface area contributed by atoms with E-state index < -0.39 is 6.07 Å². The summed E-state index contributed by atoms with van der Waals surface area (Å²) in [6.45, 7) is 2.57. The molecule has 9 heavy (non-hydrogen) atoms. The summed E-state index contributed by atoms with van der Waals surface area (Å²) < 4.78 is 15.0. The van der Waals surface area contributed by atoms with Crippen molar-refractivity contribution in [2.45, 2.75) is 12.6 Å². The van der Waals surface area contributed by atoms with Crippen LogP contribution in [0.2, 0.25) is 12.6 Å². The minimum Gasteiger partial charge on any atom is -0.307 e. The average molecular weight is 207 g/mol. The van der Waals surface area contributed by atoms with E-state index in [2.05, 4.69) is 11.1 Å².